The molecule has 32 heavy (non-hydrogen) atoms. The van der Waals surface area contributed by atoms with Gasteiger partial charge in [0.2, 0.25) is 5.91 Å². The fourth-order valence-corrected chi connectivity index (χ4v) is 5.20. The summed E-state index contributed by atoms with van der Waals surface area (Å²) in [6, 6.07) is 14.0. The SMILES string of the molecule is NC(=O)Cc1cc(Cl)ccc1OCC(=O)NC1CC2CCC(C1)N2Cc1ccc(Cl)cc1. The number of carbonyl (C=O) groups excluding carboxylic acids is 2. The third kappa shape index (κ3) is 5.74. The van der Waals surface area contributed by atoms with Gasteiger partial charge in [-0.25, -0.2) is 0 Å². The van der Waals surface area contributed by atoms with Gasteiger partial charge in [-0.2, -0.15) is 0 Å². The summed E-state index contributed by atoms with van der Waals surface area (Å²) in [7, 11) is 0. The second-order valence-electron chi connectivity index (χ2n) is 8.60. The van der Waals surface area contributed by atoms with Gasteiger partial charge in [0.25, 0.3) is 5.91 Å². The van der Waals surface area contributed by atoms with E-state index in [1.807, 2.05) is 12.1 Å². The molecule has 0 aliphatic carbocycles. The van der Waals surface area contributed by atoms with E-state index in [1.165, 1.54) is 5.56 Å². The van der Waals surface area contributed by atoms with Gasteiger partial charge >= 0.3 is 0 Å². The molecule has 2 unspecified atom stereocenters. The van der Waals surface area contributed by atoms with Crippen LogP contribution in [0.4, 0.5) is 0 Å². The molecule has 2 aliphatic rings. The number of benzene rings is 2. The van der Waals surface area contributed by atoms with Gasteiger partial charge in [0.15, 0.2) is 6.61 Å². The number of nitrogens with zero attached hydrogens (tertiary/aromatic N) is 1. The molecule has 2 amide bonds. The van der Waals surface area contributed by atoms with Gasteiger partial charge in [-0.3, -0.25) is 14.5 Å². The highest BCUT2D eigenvalue weighted by Crippen LogP contribution is 2.37. The minimum Gasteiger partial charge on any atom is -0.483 e. The van der Waals surface area contributed by atoms with E-state index < -0.39 is 5.91 Å². The summed E-state index contributed by atoms with van der Waals surface area (Å²) in [6.07, 6.45) is 4.19. The predicted octanol–water partition coefficient (Wildman–Crippen LogP) is 3.71. The summed E-state index contributed by atoms with van der Waals surface area (Å²) < 4.78 is 5.68. The first-order chi connectivity index (χ1) is 15.4. The summed E-state index contributed by atoms with van der Waals surface area (Å²) in [5.41, 5.74) is 7.13. The molecule has 2 saturated heterocycles. The predicted molar refractivity (Wildman–Crippen MR) is 125 cm³/mol. The summed E-state index contributed by atoms with van der Waals surface area (Å²) >= 11 is 12.0. The molecule has 0 saturated carbocycles. The molecule has 2 atom stereocenters. The maximum Gasteiger partial charge on any atom is 0.258 e. The van der Waals surface area contributed by atoms with Crippen LogP contribution in [0.5, 0.6) is 5.75 Å². The van der Waals surface area contributed by atoms with Crippen LogP contribution in [0.1, 0.15) is 36.8 Å². The summed E-state index contributed by atoms with van der Waals surface area (Å²) in [5, 5.41) is 4.36. The molecule has 170 valence electrons. The average Bonchev–Trinajstić information content (AvgIpc) is 2.96. The lowest BCUT2D eigenvalue weighted by molar-refractivity contribution is -0.124. The van der Waals surface area contributed by atoms with Crippen LogP contribution in [0.15, 0.2) is 42.5 Å². The number of amides is 2. The first-order valence-electron chi connectivity index (χ1n) is 10.9. The van der Waals surface area contributed by atoms with Crippen LogP contribution in [0, 0.1) is 0 Å². The van der Waals surface area contributed by atoms with Crippen molar-refractivity contribution in [1.29, 1.82) is 0 Å². The Kier molecular flexibility index (Phi) is 7.23. The molecule has 2 fully saturated rings. The topological polar surface area (TPSA) is 84.7 Å². The summed E-state index contributed by atoms with van der Waals surface area (Å²) in [5.74, 6) is -0.205. The van der Waals surface area contributed by atoms with Crippen molar-refractivity contribution in [2.75, 3.05) is 6.61 Å². The number of hydrogen-bond acceptors (Lipinski definition) is 4. The summed E-state index contributed by atoms with van der Waals surface area (Å²) in [6.45, 7) is 0.795. The minimum atomic E-state index is -0.484. The Morgan fingerprint density at radius 2 is 1.69 bits per heavy atom. The number of ether oxygens (including phenoxy) is 1. The number of hydrogen-bond donors (Lipinski definition) is 2. The fraction of sp³-hybridized carbons (Fsp3) is 0.417. The third-order valence-electron chi connectivity index (χ3n) is 6.27. The van der Waals surface area contributed by atoms with Crippen LogP contribution < -0.4 is 15.8 Å². The zero-order chi connectivity index (χ0) is 22.7. The number of nitrogens with one attached hydrogen (secondary N) is 1. The largest absolute Gasteiger partial charge is 0.483 e. The van der Waals surface area contributed by atoms with Crippen molar-refractivity contribution in [3.05, 3.63) is 63.6 Å². The number of rotatable bonds is 8. The maximum absolute atomic E-state index is 12.5. The van der Waals surface area contributed by atoms with Gasteiger partial charge in [0, 0.05) is 40.3 Å². The normalized spacial score (nSPS) is 22.5. The molecule has 0 radical (unpaired) electrons. The molecule has 2 aromatic rings. The maximum atomic E-state index is 12.5. The first-order valence-corrected chi connectivity index (χ1v) is 11.6. The number of fused-ring (bicyclic) bond motifs is 2. The van der Waals surface area contributed by atoms with Crippen LogP contribution in [0.2, 0.25) is 10.0 Å². The van der Waals surface area contributed by atoms with E-state index in [-0.39, 0.29) is 25.0 Å². The number of primary amides is 1. The Balaban J connectivity index is 1.29. The van der Waals surface area contributed by atoms with Crippen molar-refractivity contribution in [3.8, 4) is 5.75 Å². The van der Waals surface area contributed by atoms with Gasteiger partial charge in [-0.1, -0.05) is 35.3 Å². The van der Waals surface area contributed by atoms with Crippen molar-refractivity contribution < 1.29 is 14.3 Å². The van der Waals surface area contributed by atoms with Crippen LogP contribution >= 0.6 is 23.2 Å². The zero-order valence-electron chi connectivity index (χ0n) is 17.7. The molecule has 0 spiro atoms. The van der Waals surface area contributed by atoms with Crippen LogP contribution in [0.25, 0.3) is 0 Å². The second-order valence-corrected chi connectivity index (χ2v) is 9.48. The molecule has 0 aromatic heterocycles. The lowest BCUT2D eigenvalue weighted by Crippen LogP contribution is -2.50. The van der Waals surface area contributed by atoms with Crippen molar-refractivity contribution in [3.63, 3.8) is 0 Å². The Morgan fingerprint density at radius 3 is 2.34 bits per heavy atom. The number of carbonyl (C=O) groups is 2. The van der Waals surface area contributed by atoms with E-state index in [9.17, 15) is 9.59 Å². The lowest BCUT2D eigenvalue weighted by atomic mass is 9.96. The van der Waals surface area contributed by atoms with Crippen LogP contribution in [-0.2, 0) is 22.6 Å². The third-order valence-corrected chi connectivity index (χ3v) is 6.76. The van der Waals surface area contributed by atoms with Gasteiger partial charge in [0.05, 0.1) is 6.42 Å². The molecule has 4 rings (SSSR count). The van der Waals surface area contributed by atoms with Crippen molar-refractivity contribution in [1.82, 2.24) is 10.2 Å². The minimum absolute atomic E-state index is 0.00690. The van der Waals surface area contributed by atoms with Crippen LogP contribution in [-0.4, -0.2) is 41.4 Å². The Bertz CT molecular complexity index is 969. The Morgan fingerprint density at radius 1 is 1.03 bits per heavy atom. The van der Waals surface area contributed by atoms with E-state index >= 15 is 0 Å². The summed E-state index contributed by atoms with van der Waals surface area (Å²) in [4.78, 5) is 26.4. The molecule has 2 bridgehead atoms. The zero-order valence-corrected chi connectivity index (χ0v) is 19.2. The van der Waals surface area contributed by atoms with E-state index in [4.69, 9.17) is 33.7 Å². The number of nitrogens with two attached hydrogens (primary N) is 1. The Labute approximate surface area is 198 Å². The highest BCUT2D eigenvalue weighted by atomic mass is 35.5. The fourth-order valence-electron chi connectivity index (χ4n) is 4.88. The highest BCUT2D eigenvalue weighted by molar-refractivity contribution is 6.30. The van der Waals surface area contributed by atoms with Crippen molar-refractivity contribution in [2.45, 2.75) is 56.8 Å². The number of piperidine rings is 1. The lowest BCUT2D eigenvalue weighted by Gasteiger charge is -2.39. The van der Waals surface area contributed by atoms with E-state index in [2.05, 4.69) is 22.3 Å². The number of halogens is 2. The molecule has 3 N–H and O–H groups in total. The van der Waals surface area contributed by atoms with Gasteiger partial charge in [-0.15, -0.1) is 0 Å². The molecular weight excluding hydrogens is 449 g/mol. The Hall–Kier alpha value is -2.28. The van der Waals surface area contributed by atoms with E-state index in [1.54, 1.807) is 18.2 Å². The molecule has 2 aliphatic heterocycles. The molecule has 2 aromatic carbocycles. The molecule has 6 nitrogen and oxygen atoms in total. The van der Waals surface area contributed by atoms with E-state index in [0.717, 1.165) is 37.3 Å². The average molecular weight is 476 g/mol. The van der Waals surface area contributed by atoms with Crippen LogP contribution in [0.3, 0.4) is 0 Å². The molecule has 8 heteroatoms. The van der Waals surface area contributed by atoms with Gasteiger partial charge in [0.1, 0.15) is 5.75 Å². The quantitative estimate of drug-likeness (QED) is 0.609. The second kappa shape index (κ2) is 10.1. The monoisotopic (exact) mass is 475 g/mol. The van der Waals surface area contributed by atoms with Crippen molar-refractivity contribution in [2.24, 2.45) is 5.73 Å². The van der Waals surface area contributed by atoms with Crippen molar-refractivity contribution >= 4 is 35.0 Å². The van der Waals surface area contributed by atoms with E-state index in [0.29, 0.717) is 28.4 Å². The van der Waals surface area contributed by atoms with Gasteiger partial charge < -0.3 is 15.8 Å². The molecule has 2 heterocycles. The highest BCUT2D eigenvalue weighted by Gasteiger charge is 2.40. The standard InChI is InChI=1S/C24H27Cl2N3O3/c25-17-3-1-15(2-4-17)13-29-20-6-7-21(29)12-19(11-20)28-24(31)14-32-22-8-5-18(26)9-16(22)10-23(27)30/h1-5,8-9,19-21H,6-7,10-14H2,(H2,27,30)(H,28,31). The smallest absolute Gasteiger partial charge is 0.258 e. The molecular formula is C24H27Cl2N3O3. The van der Waals surface area contributed by atoms with Gasteiger partial charge in [-0.05, 0) is 61.6 Å². The first kappa shape index (κ1) is 22.9.